The average molecular weight is 730 g/mol. The number of pyridine rings is 1. The van der Waals surface area contributed by atoms with Gasteiger partial charge in [-0.05, 0) is 25.0 Å². The Bertz CT molecular complexity index is 1550. The van der Waals surface area contributed by atoms with Gasteiger partial charge in [0.05, 0.1) is 18.4 Å². The third kappa shape index (κ3) is 11.7. The monoisotopic (exact) mass is 729 g/mol. The van der Waals surface area contributed by atoms with Gasteiger partial charge in [-0.15, -0.1) is 0 Å². The summed E-state index contributed by atoms with van der Waals surface area (Å²) in [6, 6.07) is 11.2. The molecule has 1 N–H and O–H groups in total. The lowest BCUT2D eigenvalue weighted by Crippen LogP contribution is -2.56. The van der Waals surface area contributed by atoms with E-state index in [0.29, 0.717) is 18.8 Å². The predicted octanol–water partition coefficient (Wildman–Crippen LogP) is 2.05. The van der Waals surface area contributed by atoms with Crippen LogP contribution in [-0.2, 0) is 37.9 Å². The molecule has 276 valence electrons. The highest BCUT2D eigenvalue weighted by Crippen LogP contribution is 2.28. The first-order valence-electron chi connectivity index (χ1n) is 16.7. The molecule has 51 heavy (non-hydrogen) atoms. The van der Waals surface area contributed by atoms with Gasteiger partial charge in [0.1, 0.15) is 11.5 Å². The van der Waals surface area contributed by atoms with E-state index in [1.165, 1.54) is 9.80 Å². The molecule has 2 saturated heterocycles. The minimum atomic E-state index is -2.98. The number of nitrogens with one attached hydrogen (secondary N) is 1. The zero-order valence-corrected chi connectivity index (χ0v) is 30.0. The normalized spacial score (nSPS) is 16.9. The van der Waals surface area contributed by atoms with Gasteiger partial charge in [0.25, 0.3) is 11.8 Å². The molecule has 0 bridgehead atoms. The molecule has 2 aliphatic heterocycles. The van der Waals surface area contributed by atoms with Gasteiger partial charge in [-0.1, -0.05) is 48.2 Å². The molecule has 0 aliphatic carbocycles. The van der Waals surface area contributed by atoms with Crippen molar-refractivity contribution in [2.24, 2.45) is 0 Å². The number of ether oxygens (including phenoxy) is 4. The number of nitrogens with zero attached hydrogens (tertiary/aromatic N) is 4. The summed E-state index contributed by atoms with van der Waals surface area (Å²) in [5.41, 5.74) is 2.00. The molecule has 16 nitrogen and oxygen atoms in total. The van der Waals surface area contributed by atoms with E-state index >= 15 is 0 Å². The summed E-state index contributed by atoms with van der Waals surface area (Å²) < 4.78 is 25.5. The van der Waals surface area contributed by atoms with Gasteiger partial charge in [0.15, 0.2) is 6.04 Å². The largest absolute Gasteiger partial charge is 0.603 e. The van der Waals surface area contributed by atoms with Crippen LogP contribution in [0.4, 0.5) is 10.5 Å². The fraction of sp³-hybridized carbons (Fsp3) is 0.500. The van der Waals surface area contributed by atoms with Gasteiger partial charge >= 0.3 is 24.5 Å². The number of unbranched alkanes of at least 4 members (excludes halogenated alkanes) is 1. The maximum Gasteiger partial charge on any atom is 0.409 e. The Hall–Kier alpha value is -4.63. The van der Waals surface area contributed by atoms with Crippen LogP contribution in [0.3, 0.4) is 0 Å². The highest BCUT2D eigenvalue weighted by Gasteiger charge is 2.33. The summed E-state index contributed by atoms with van der Waals surface area (Å²) in [6.45, 7) is 4.21. The Labute approximate surface area is 297 Å². The maximum absolute atomic E-state index is 13.9. The van der Waals surface area contributed by atoms with Crippen LogP contribution in [0.2, 0.25) is 0 Å². The molecule has 3 heterocycles. The van der Waals surface area contributed by atoms with E-state index in [2.05, 4.69) is 15.2 Å². The highest BCUT2D eigenvalue weighted by atomic mass is 31.1. The zero-order valence-electron chi connectivity index (χ0n) is 29.1. The van der Waals surface area contributed by atoms with E-state index in [4.69, 9.17) is 23.5 Å². The van der Waals surface area contributed by atoms with Crippen molar-refractivity contribution in [3.63, 3.8) is 0 Å². The van der Waals surface area contributed by atoms with Crippen LogP contribution in [0.25, 0.3) is 11.3 Å². The van der Waals surface area contributed by atoms with Gasteiger partial charge in [0.2, 0.25) is 8.00 Å². The third-order valence-electron chi connectivity index (χ3n) is 8.07. The molecular weight excluding hydrogens is 685 g/mol. The van der Waals surface area contributed by atoms with E-state index in [1.54, 1.807) is 13.2 Å². The molecule has 4 rings (SSSR count). The Balaban J connectivity index is 1.61. The van der Waals surface area contributed by atoms with Gasteiger partial charge < -0.3 is 43.9 Å². The first-order valence-corrected chi connectivity index (χ1v) is 17.9. The summed E-state index contributed by atoms with van der Waals surface area (Å²) >= 11 is 0. The van der Waals surface area contributed by atoms with E-state index in [9.17, 15) is 28.9 Å². The Morgan fingerprint density at radius 3 is 2.27 bits per heavy atom. The number of methoxy groups -OCH3 is 1. The van der Waals surface area contributed by atoms with Crippen LogP contribution in [-0.4, -0.2) is 122 Å². The van der Waals surface area contributed by atoms with E-state index < -0.39 is 50.4 Å². The van der Waals surface area contributed by atoms with E-state index in [0.717, 1.165) is 50.2 Å². The summed E-state index contributed by atoms with van der Waals surface area (Å²) in [5.74, 6) is -2.23. The van der Waals surface area contributed by atoms with Crippen molar-refractivity contribution in [1.82, 2.24) is 20.1 Å². The van der Waals surface area contributed by atoms with E-state index in [1.807, 2.05) is 43.3 Å². The third-order valence-corrected chi connectivity index (χ3v) is 8.99. The first-order chi connectivity index (χ1) is 24.5. The molecule has 3 amide bonds. The van der Waals surface area contributed by atoms with Crippen LogP contribution < -0.4 is 15.1 Å². The molecular formula is C34H44N5O11P. The Morgan fingerprint density at radius 2 is 1.67 bits per heavy atom. The van der Waals surface area contributed by atoms with Crippen LogP contribution in [0.1, 0.15) is 50.5 Å². The molecule has 1 unspecified atom stereocenters. The fourth-order valence-corrected chi connectivity index (χ4v) is 6.16. The maximum atomic E-state index is 13.9. The van der Waals surface area contributed by atoms with Crippen molar-refractivity contribution in [1.29, 1.82) is 0 Å². The minimum Gasteiger partial charge on any atom is -0.603 e. The molecule has 0 spiro atoms. The molecule has 17 heteroatoms. The minimum absolute atomic E-state index is 0.00749. The summed E-state index contributed by atoms with van der Waals surface area (Å²) in [5, 5.41) is 2.62. The van der Waals surface area contributed by atoms with Crippen molar-refractivity contribution in [3.05, 3.63) is 48.2 Å². The number of esters is 2. The fourth-order valence-electron chi connectivity index (χ4n) is 5.39. The van der Waals surface area contributed by atoms with Crippen LogP contribution in [0.5, 0.6) is 0 Å². The quantitative estimate of drug-likeness (QED) is 0.129. The van der Waals surface area contributed by atoms with Crippen LogP contribution in [0.15, 0.2) is 42.5 Å². The molecule has 1 aromatic heterocycles. The topological polar surface area (TPSA) is 189 Å². The predicted molar refractivity (Wildman–Crippen MR) is 184 cm³/mol. The second-order valence-electron chi connectivity index (χ2n) is 11.8. The lowest BCUT2D eigenvalue weighted by atomic mass is 10.1. The first kappa shape index (κ1) is 39.2. The summed E-state index contributed by atoms with van der Waals surface area (Å²) in [7, 11) is -1.33. The van der Waals surface area contributed by atoms with Gasteiger partial charge in [-0.25, -0.2) is 9.78 Å². The highest BCUT2D eigenvalue weighted by molar-refractivity contribution is 7.45. The van der Waals surface area contributed by atoms with Crippen LogP contribution >= 0.6 is 8.00 Å². The molecule has 3 atom stereocenters. The van der Waals surface area contributed by atoms with Crippen molar-refractivity contribution in [2.45, 2.75) is 58.7 Å². The standard InChI is InChI=1S/C34H44N5O11P/c1-5-6-18-47-33(44)38-16-14-37(15-17-38)32(43)30(22-51(45)50-34(48-23(2)40)49-24(3)41)36-31(42)29-20-26(39-13-12-27(21-39)46-4)19-28(35-29)25-10-8-7-9-11-25/h7-11,19-20,22,27,30,34H,5-6,12-18,21H2,1-4H3,(H,36,42)/t27-,30-/m0/s1. The number of piperazine rings is 1. The smallest absolute Gasteiger partial charge is 0.409 e. The Kier molecular flexibility index (Phi) is 14.7. The Morgan fingerprint density at radius 1 is 1.00 bits per heavy atom. The molecule has 2 aliphatic rings. The molecule has 0 radical (unpaired) electrons. The molecule has 1 aromatic carbocycles. The second kappa shape index (κ2) is 19.1. The number of hydrogen-bond acceptors (Lipinski definition) is 13. The van der Waals surface area contributed by atoms with Crippen LogP contribution in [0, 0.1) is 0 Å². The van der Waals surface area contributed by atoms with Gasteiger partial charge in [-0.2, -0.15) is 0 Å². The number of carbonyl (C=O) groups is 5. The lowest BCUT2D eigenvalue weighted by molar-refractivity contribution is -0.251. The van der Waals surface area contributed by atoms with Gasteiger partial charge in [-0.3, -0.25) is 19.2 Å². The zero-order chi connectivity index (χ0) is 36.9. The SMILES string of the molecule is CCCCOC(=O)N1CCN(C(=O)[C@H](C=[P+]([O-])OC(OC(C)=O)OC(C)=O)NC(=O)c2cc(N3CC[C@H](OC)C3)cc(-c3ccccc3)n2)CC1. The lowest BCUT2D eigenvalue weighted by Gasteiger charge is -2.35. The number of carbonyl (C=O) groups excluding carboxylic acids is 5. The number of hydrogen-bond donors (Lipinski definition) is 1. The number of rotatable bonds is 14. The molecule has 2 fully saturated rings. The van der Waals surface area contributed by atoms with Crippen molar-refractivity contribution < 1.29 is 52.3 Å². The molecule has 2 aromatic rings. The van der Waals surface area contributed by atoms with Crippen molar-refractivity contribution in [3.8, 4) is 11.3 Å². The van der Waals surface area contributed by atoms with E-state index in [-0.39, 0.29) is 44.6 Å². The number of anilines is 1. The van der Waals surface area contributed by atoms with Crippen molar-refractivity contribution >= 4 is 49.3 Å². The number of amides is 3. The van der Waals surface area contributed by atoms with Gasteiger partial charge in [0, 0.05) is 71.5 Å². The summed E-state index contributed by atoms with van der Waals surface area (Å²) in [4.78, 5) is 86.1. The van der Waals surface area contributed by atoms with Crippen molar-refractivity contribution in [2.75, 3.05) is 57.9 Å². The average Bonchev–Trinajstić information content (AvgIpc) is 3.60. The molecule has 0 saturated carbocycles. The number of aromatic nitrogens is 1. The number of benzene rings is 1. The summed E-state index contributed by atoms with van der Waals surface area (Å²) in [6.07, 6.45) is 1.93. The second-order valence-corrected chi connectivity index (χ2v) is 12.9.